The lowest BCUT2D eigenvalue weighted by Gasteiger charge is -2.16. The van der Waals surface area contributed by atoms with Crippen molar-refractivity contribution in [2.45, 2.75) is 51.5 Å². The van der Waals surface area contributed by atoms with Gasteiger partial charge in [-0.3, -0.25) is 14.9 Å². The number of rotatable bonds is 9. The number of anilines is 1. The van der Waals surface area contributed by atoms with E-state index in [0.29, 0.717) is 48.5 Å². The molecule has 1 fully saturated rings. The minimum absolute atomic E-state index is 0.0323. The van der Waals surface area contributed by atoms with E-state index in [1.807, 2.05) is 18.2 Å². The summed E-state index contributed by atoms with van der Waals surface area (Å²) in [6, 6.07) is 13.5. The third-order valence-corrected chi connectivity index (χ3v) is 5.91. The Bertz CT molecular complexity index is 1120. The summed E-state index contributed by atoms with van der Waals surface area (Å²) >= 11 is 0. The van der Waals surface area contributed by atoms with E-state index in [2.05, 4.69) is 20.9 Å². The lowest BCUT2D eigenvalue weighted by Crippen LogP contribution is -2.18. The van der Waals surface area contributed by atoms with Gasteiger partial charge in [-0.15, -0.1) is 0 Å². The summed E-state index contributed by atoms with van der Waals surface area (Å²) in [4.78, 5) is 28.8. The zero-order valence-corrected chi connectivity index (χ0v) is 18.6. The molecule has 0 spiro atoms. The minimum Gasteiger partial charge on any atom is -0.493 e. The molecule has 7 nitrogen and oxygen atoms in total. The van der Waals surface area contributed by atoms with Crippen molar-refractivity contribution >= 4 is 28.7 Å². The van der Waals surface area contributed by atoms with Crippen LogP contribution >= 0.6 is 0 Å². The standard InChI is InChI=1S/C25H29N3O4/c1-17(29)18-13-14-22(23(16-18)31-2)32-15-7-12-24(30)27-25-26-20-10-5-6-11-21(20)28(25)19-8-3-4-9-19/h5-6,10-11,13-14,16,19H,3-4,7-9,12,15H2,1-2H3,(H,26,27,30). The Morgan fingerprint density at radius 2 is 1.91 bits per heavy atom. The number of carbonyl (C=O) groups is 2. The number of ketones is 1. The second kappa shape index (κ2) is 9.85. The van der Waals surface area contributed by atoms with E-state index in [4.69, 9.17) is 9.47 Å². The summed E-state index contributed by atoms with van der Waals surface area (Å²) in [5.74, 6) is 1.58. The van der Waals surface area contributed by atoms with Crippen LogP contribution in [0.15, 0.2) is 42.5 Å². The molecular weight excluding hydrogens is 406 g/mol. The van der Waals surface area contributed by atoms with Gasteiger partial charge in [-0.05, 0) is 56.5 Å². The van der Waals surface area contributed by atoms with E-state index < -0.39 is 0 Å². The van der Waals surface area contributed by atoms with Crippen LogP contribution in [-0.4, -0.2) is 35.0 Å². The fraction of sp³-hybridized carbons (Fsp3) is 0.400. The number of para-hydroxylation sites is 2. The highest BCUT2D eigenvalue weighted by Gasteiger charge is 2.23. The van der Waals surface area contributed by atoms with Crippen LogP contribution in [0.3, 0.4) is 0 Å². The zero-order valence-electron chi connectivity index (χ0n) is 18.6. The molecule has 0 saturated heterocycles. The Balaban J connectivity index is 1.35. The van der Waals surface area contributed by atoms with Crippen molar-refractivity contribution in [3.8, 4) is 11.5 Å². The molecule has 1 aromatic heterocycles. The number of benzene rings is 2. The molecule has 0 bridgehead atoms. The predicted molar refractivity (Wildman–Crippen MR) is 124 cm³/mol. The fourth-order valence-corrected chi connectivity index (χ4v) is 4.27. The van der Waals surface area contributed by atoms with Crippen LogP contribution in [0, 0.1) is 0 Å². The lowest BCUT2D eigenvalue weighted by atomic mass is 10.1. The average Bonchev–Trinajstić information content (AvgIpc) is 3.43. The van der Waals surface area contributed by atoms with E-state index in [1.54, 1.807) is 18.2 Å². The molecule has 7 heteroatoms. The highest BCUT2D eigenvalue weighted by Crippen LogP contribution is 2.35. The number of methoxy groups -OCH3 is 1. The van der Waals surface area contributed by atoms with E-state index in [9.17, 15) is 9.59 Å². The monoisotopic (exact) mass is 435 g/mol. The number of carbonyl (C=O) groups excluding carboxylic acids is 2. The van der Waals surface area contributed by atoms with E-state index in [1.165, 1.54) is 26.9 Å². The first-order chi connectivity index (χ1) is 15.6. The number of amides is 1. The van der Waals surface area contributed by atoms with Gasteiger partial charge in [-0.1, -0.05) is 25.0 Å². The van der Waals surface area contributed by atoms with E-state index in [-0.39, 0.29) is 11.7 Å². The number of Topliss-reactive ketones (excluding diaryl/α,β-unsaturated/α-hetero) is 1. The number of hydrogen-bond acceptors (Lipinski definition) is 5. The number of nitrogens with zero attached hydrogens (tertiary/aromatic N) is 2. The molecule has 0 unspecified atom stereocenters. The summed E-state index contributed by atoms with van der Waals surface area (Å²) in [6.07, 6.45) is 5.51. The van der Waals surface area contributed by atoms with Crippen LogP contribution in [0.2, 0.25) is 0 Å². The SMILES string of the molecule is COc1cc(C(C)=O)ccc1OCCCC(=O)Nc1nc2ccccc2n1C1CCCC1. The number of imidazole rings is 1. The molecule has 0 radical (unpaired) electrons. The molecule has 1 aliphatic rings. The topological polar surface area (TPSA) is 82.4 Å². The van der Waals surface area contributed by atoms with Crippen molar-refractivity contribution in [3.63, 3.8) is 0 Å². The Labute approximate surface area is 187 Å². The van der Waals surface area contributed by atoms with Crippen LogP contribution in [0.25, 0.3) is 11.0 Å². The number of hydrogen-bond donors (Lipinski definition) is 1. The number of ether oxygens (including phenoxy) is 2. The lowest BCUT2D eigenvalue weighted by molar-refractivity contribution is -0.116. The van der Waals surface area contributed by atoms with Crippen molar-refractivity contribution in [3.05, 3.63) is 48.0 Å². The Kier molecular flexibility index (Phi) is 6.73. The molecule has 1 amide bonds. The molecular formula is C25H29N3O4. The minimum atomic E-state index is -0.0814. The molecule has 1 aliphatic carbocycles. The van der Waals surface area contributed by atoms with Crippen LogP contribution in [0.4, 0.5) is 5.95 Å². The molecule has 1 saturated carbocycles. The Morgan fingerprint density at radius 3 is 2.66 bits per heavy atom. The number of fused-ring (bicyclic) bond motifs is 1. The van der Waals surface area contributed by atoms with E-state index >= 15 is 0 Å². The Morgan fingerprint density at radius 1 is 1.12 bits per heavy atom. The Hall–Kier alpha value is -3.35. The highest BCUT2D eigenvalue weighted by atomic mass is 16.5. The van der Waals surface area contributed by atoms with Gasteiger partial charge in [0.05, 0.1) is 24.8 Å². The first-order valence-electron chi connectivity index (χ1n) is 11.2. The maximum atomic E-state index is 12.6. The van der Waals surface area contributed by atoms with Gasteiger partial charge in [0.2, 0.25) is 11.9 Å². The van der Waals surface area contributed by atoms with E-state index in [0.717, 1.165) is 23.9 Å². The molecule has 0 atom stereocenters. The third kappa shape index (κ3) is 4.77. The number of aromatic nitrogens is 2. The van der Waals surface area contributed by atoms with Gasteiger partial charge in [0.1, 0.15) is 0 Å². The molecule has 0 aliphatic heterocycles. The maximum absolute atomic E-state index is 12.6. The van der Waals surface area contributed by atoms with Crippen molar-refractivity contribution in [1.29, 1.82) is 0 Å². The van der Waals surface area contributed by atoms with Crippen LogP contribution in [0.5, 0.6) is 11.5 Å². The first-order valence-corrected chi connectivity index (χ1v) is 11.2. The average molecular weight is 436 g/mol. The molecule has 3 aromatic rings. The van der Waals surface area contributed by atoms with Crippen LogP contribution in [0.1, 0.15) is 61.8 Å². The summed E-state index contributed by atoms with van der Waals surface area (Å²) in [5, 5.41) is 3.01. The largest absolute Gasteiger partial charge is 0.493 e. The van der Waals surface area contributed by atoms with Crippen molar-refractivity contribution in [1.82, 2.24) is 9.55 Å². The van der Waals surface area contributed by atoms with Gasteiger partial charge in [0, 0.05) is 18.0 Å². The summed E-state index contributed by atoms with van der Waals surface area (Å²) < 4.78 is 13.3. The van der Waals surface area contributed by atoms with Crippen molar-refractivity contribution in [2.24, 2.45) is 0 Å². The zero-order chi connectivity index (χ0) is 22.5. The van der Waals surface area contributed by atoms with Gasteiger partial charge < -0.3 is 14.0 Å². The molecule has 1 N–H and O–H groups in total. The molecule has 4 rings (SSSR count). The van der Waals surface area contributed by atoms with Crippen LogP contribution < -0.4 is 14.8 Å². The van der Waals surface area contributed by atoms with Crippen molar-refractivity contribution < 1.29 is 19.1 Å². The van der Waals surface area contributed by atoms with Crippen molar-refractivity contribution in [2.75, 3.05) is 19.0 Å². The highest BCUT2D eigenvalue weighted by molar-refractivity contribution is 5.94. The number of nitrogens with one attached hydrogen (secondary N) is 1. The fourth-order valence-electron chi connectivity index (χ4n) is 4.27. The van der Waals surface area contributed by atoms with Gasteiger partial charge in [-0.25, -0.2) is 4.98 Å². The maximum Gasteiger partial charge on any atom is 0.226 e. The summed E-state index contributed by atoms with van der Waals surface area (Å²) in [5.41, 5.74) is 2.54. The summed E-state index contributed by atoms with van der Waals surface area (Å²) in [7, 11) is 1.54. The quantitative estimate of drug-likeness (QED) is 0.371. The smallest absolute Gasteiger partial charge is 0.226 e. The van der Waals surface area contributed by atoms with Crippen LogP contribution in [-0.2, 0) is 4.79 Å². The molecule has 168 valence electrons. The molecule has 1 heterocycles. The predicted octanol–water partition coefficient (Wildman–Crippen LogP) is 5.16. The first kappa shape index (κ1) is 21.9. The molecule has 2 aromatic carbocycles. The third-order valence-electron chi connectivity index (χ3n) is 5.91. The second-order valence-electron chi connectivity index (χ2n) is 8.15. The summed E-state index contributed by atoms with van der Waals surface area (Å²) in [6.45, 7) is 1.87. The normalized spacial score (nSPS) is 13.9. The van der Waals surface area contributed by atoms with Gasteiger partial charge in [-0.2, -0.15) is 0 Å². The van der Waals surface area contributed by atoms with Gasteiger partial charge in [0.15, 0.2) is 17.3 Å². The molecule has 32 heavy (non-hydrogen) atoms. The van der Waals surface area contributed by atoms with Gasteiger partial charge >= 0.3 is 0 Å². The second-order valence-corrected chi connectivity index (χ2v) is 8.15. The van der Waals surface area contributed by atoms with Gasteiger partial charge in [0.25, 0.3) is 0 Å².